The standard InChI is InChI=1S/C17H15N3O4S2/c21-14-10-26-17(24)20(14)8-7-18-15(22)11-4-1-2-5-12(11)19-16(23)13-6-3-9-25-13/h1-6,9H,7-8,10H2,(H,18,22)(H,19,23). The smallest absolute Gasteiger partial charge is 0.288 e. The number of rotatable bonds is 6. The molecule has 0 saturated carbocycles. The Morgan fingerprint density at radius 3 is 2.58 bits per heavy atom. The van der Waals surface area contributed by atoms with E-state index < -0.39 is 0 Å². The Kier molecular flexibility index (Phi) is 5.69. The molecule has 4 amide bonds. The number of hydrogen-bond donors (Lipinski definition) is 2. The highest BCUT2D eigenvalue weighted by Gasteiger charge is 2.29. The van der Waals surface area contributed by atoms with Crippen LogP contribution in [0.3, 0.4) is 0 Å². The van der Waals surface area contributed by atoms with E-state index in [1.807, 2.05) is 0 Å². The van der Waals surface area contributed by atoms with Crippen molar-refractivity contribution in [3.05, 3.63) is 52.2 Å². The first-order valence-corrected chi connectivity index (χ1v) is 9.62. The molecule has 1 fully saturated rings. The summed E-state index contributed by atoms with van der Waals surface area (Å²) in [5.74, 6) is -0.785. The fraction of sp³-hybridized carbons (Fsp3) is 0.176. The van der Waals surface area contributed by atoms with E-state index in [2.05, 4.69) is 10.6 Å². The largest absolute Gasteiger partial charge is 0.350 e. The van der Waals surface area contributed by atoms with Crippen LogP contribution in [-0.2, 0) is 4.79 Å². The van der Waals surface area contributed by atoms with Gasteiger partial charge in [-0.2, -0.15) is 0 Å². The van der Waals surface area contributed by atoms with Gasteiger partial charge in [-0.15, -0.1) is 11.3 Å². The predicted molar refractivity (Wildman–Crippen MR) is 101 cm³/mol. The second-order valence-electron chi connectivity index (χ2n) is 5.33. The summed E-state index contributed by atoms with van der Waals surface area (Å²) in [6, 6.07) is 10.1. The molecule has 1 saturated heterocycles. The van der Waals surface area contributed by atoms with Crippen molar-refractivity contribution < 1.29 is 19.2 Å². The maximum Gasteiger partial charge on any atom is 0.288 e. The summed E-state index contributed by atoms with van der Waals surface area (Å²) >= 11 is 2.26. The van der Waals surface area contributed by atoms with Gasteiger partial charge in [-0.25, -0.2) is 0 Å². The first-order valence-electron chi connectivity index (χ1n) is 7.75. The van der Waals surface area contributed by atoms with Crippen molar-refractivity contribution in [2.24, 2.45) is 0 Å². The van der Waals surface area contributed by atoms with Crippen LogP contribution >= 0.6 is 23.1 Å². The second kappa shape index (κ2) is 8.15. The quantitative estimate of drug-likeness (QED) is 0.791. The minimum Gasteiger partial charge on any atom is -0.350 e. The summed E-state index contributed by atoms with van der Waals surface area (Å²) in [5, 5.41) is 6.90. The van der Waals surface area contributed by atoms with Gasteiger partial charge in [0.15, 0.2) is 0 Å². The topological polar surface area (TPSA) is 95.6 Å². The third kappa shape index (κ3) is 4.12. The Morgan fingerprint density at radius 1 is 1.08 bits per heavy atom. The molecule has 26 heavy (non-hydrogen) atoms. The molecule has 0 atom stereocenters. The Labute approximate surface area is 157 Å². The van der Waals surface area contributed by atoms with E-state index in [1.54, 1.807) is 41.8 Å². The normalized spacial score (nSPS) is 13.8. The third-order valence-corrected chi connectivity index (χ3v) is 5.35. The maximum atomic E-state index is 12.4. The summed E-state index contributed by atoms with van der Waals surface area (Å²) in [7, 11) is 0. The number of thiophene rings is 1. The number of carbonyl (C=O) groups excluding carboxylic acids is 4. The predicted octanol–water partition coefficient (Wildman–Crippen LogP) is 2.43. The molecule has 2 heterocycles. The summed E-state index contributed by atoms with van der Waals surface area (Å²) in [6.45, 7) is 0.268. The van der Waals surface area contributed by atoms with Crippen LogP contribution in [0, 0.1) is 0 Å². The van der Waals surface area contributed by atoms with Crippen LogP contribution in [0.4, 0.5) is 10.5 Å². The number of nitrogens with zero attached hydrogens (tertiary/aromatic N) is 1. The number of thioether (sulfide) groups is 1. The lowest BCUT2D eigenvalue weighted by molar-refractivity contribution is -0.124. The van der Waals surface area contributed by atoms with Gasteiger partial charge in [0.1, 0.15) is 0 Å². The highest BCUT2D eigenvalue weighted by molar-refractivity contribution is 8.14. The molecule has 0 unspecified atom stereocenters. The maximum absolute atomic E-state index is 12.4. The Hall–Kier alpha value is -2.65. The molecule has 3 rings (SSSR count). The van der Waals surface area contributed by atoms with Gasteiger partial charge < -0.3 is 10.6 Å². The number of amides is 4. The highest BCUT2D eigenvalue weighted by atomic mass is 32.2. The lowest BCUT2D eigenvalue weighted by Gasteiger charge is -2.14. The number of para-hydroxylation sites is 1. The van der Waals surface area contributed by atoms with E-state index in [1.165, 1.54) is 11.3 Å². The van der Waals surface area contributed by atoms with Gasteiger partial charge in [0.25, 0.3) is 17.1 Å². The minimum absolute atomic E-state index is 0.125. The van der Waals surface area contributed by atoms with E-state index in [4.69, 9.17) is 0 Å². The molecule has 0 aliphatic carbocycles. The molecule has 134 valence electrons. The SMILES string of the molecule is O=C(Nc1ccccc1C(=O)NCCN1C(=O)CSC1=O)c1cccs1. The molecule has 2 aromatic rings. The Morgan fingerprint density at radius 2 is 1.88 bits per heavy atom. The fourth-order valence-corrected chi connectivity index (χ4v) is 3.73. The summed E-state index contributed by atoms with van der Waals surface area (Å²) in [4.78, 5) is 49.3. The van der Waals surface area contributed by atoms with E-state index in [0.717, 1.165) is 16.7 Å². The fourth-order valence-electron chi connectivity index (χ4n) is 2.36. The van der Waals surface area contributed by atoms with Crippen LogP contribution in [-0.4, -0.2) is 46.7 Å². The molecule has 1 aliphatic heterocycles. The van der Waals surface area contributed by atoms with Gasteiger partial charge in [-0.1, -0.05) is 30.0 Å². The van der Waals surface area contributed by atoms with Crippen LogP contribution in [0.2, 0.25) is 0 Å². The molecule has 1 aromatic carbocycles. The third-order valence-electron chi connectivity index (χ3n) is 3.63. The number of hydrogen-bond acceptors (Lipinski definition) is 6. The highest BCUT2D eigenvalue weighted by Crippen LogP contribution is 2.19. The molecule has 0 radical (unpaired) electrons. The van der Waals surface area contributed by atoms with Crippen molar-refractivity contribution in [2.75, 3.05) is 24.2 Å². The van der Waals surface area contributed by atoms with Crippen molar-refractivity contribution in [3.8, 4) is 0 Å². The molecule has 2 N–H and O–H groups in total. The zero-order valence-corrected chi connectivity index (χ0v) is 15.2. The van der Waals surface area contributed by atoms with Crippen molar-refractivity contribution in [2.45, 2.75) is 0 Å². The summed E-state index contributed by atoms with van der Waals surface area (Å²) in [6.07, 6.45) is 0. The van der Waals surface area contributed by atoms with Crippen LogP contribution < -0.4 is 10.6 Å². The molecule has 1 aromatic heterocycles. The Balaban J connectivity index is 1.61. The van der Waals surface area contributed by atoms with Gasteiger partial charge in [0.2, 0.25) is 5.91 Å². The van der Waals surface area contributed by atoms with Gasteiger partial charge in [-0.05, 0) is 23.6 Å². The molecular weight excluding hydrogens is 374 g/mol. The molecule has 9 heteroatoms. The van der Waals surface area contributed by atoms with Crippen LogP contribution in [0.1, 0.15) is 20.0 Å². The van der Waals surface area contributed by atoms with Crippen molar-refractivity contribution in [3.63, 3.8) is 0 Å². The first-order chi connectivity index (χ1) is 12.6. The molecule has 0 bridgehead atoms. The summed E-state index contributed by atoms with van der Waals surface area (Å²) in [5.41, 5.74) is 0.707. The molecule has 1 aliphatic rings. The average Bonchev–Trinajstić information content (AvgIpc) is 3.27. The molecule has 0 spiro atoms. The van der Waals surface area contributed by atoms with Gasteiger partial charge in [-0.3, -0.25) is 24.1 Å². The zero-order chi connectivity index (χ0) is 18.5. The van der Waals surface area contributed by atoms with Gasteiger partial charge in [0, 0.05) is 13.1 Å². The van der Waals surface area contributed by atoms with E-state index in [-0.39, 0.29) is 41.8 Å². The number of benzene rings is 1. The van der Waals surface area contributed by atoms with E-state index in [9.17, 15) is 19.2 Å². The van der Waals surface area contributed by atoms with Crippen molar-refractivity contribution in [1.29, 1.82) is 0 Å². The number of anilines is 1. The Bertz CT molecular complexity index is 835. The zero-order valence-electron chi connectivity index (χ0n) is 13.6. The van der Waals surface area contributed by atoms with Crippen LogP contribution in [0.25, 0.3) is 0 Å². The number of imide groups is 1. The van der Waals surface area contributed by atoms with Crippen LogP contribution in [0.5, 0.6) is 0 Å². The molecular formula is C17H15N3O4S2. The van der Waals surface area contributed by atoms with Crippen molar-refractivity contribution >= 4 is 51.7 Å². The minimum atomic E-state index is -0.390. The first kappa shape index (κ1) is 18.2. The summed E-state index contributed by atoms with van der Waals surface area (Å²) < 4.78 is 0. The lowest BCUT2D eigenvalue weighted by Crippen LogP contribution is -2.37. The second-order valence-corrected chi connectivity index (χ2v) is 7.21. The van der Waals surface area contributed by atoms with Crippen LogP contribution in [0.15, 0.2) is 41.8 Å². The van der Waals surface area contributed by atoms with E-state index >= 15 is 0 Å². The van der Waals surface area contributed by atoms with Crippen molar-refractivity contribution in [1.82, 2.24) is 10.2 Å². The number of nitrogens with one attached hydrogen (secondary N) is 2. The van der Waals surface area contributed by atoms with Gasteiger partial charge in [0.05, 0.1) is 21.9 Å². The average molecular weight is 389 g/mol. The van der Waals surface area contributed by atoms with E-state index in [0.29, 0.717) is 16.1 Å². The monoisotopic (exact) mass is 389 g/mol. The molecule has 7 nitrogen and oxygen atoms in total. The number of carbonyl (C=O) groups is 4. The lowest BCUT2D eigenvalue weighted by atomic mass is 10.1. The van der Waals surface area contributed by atoms with Gasteiger partial charge >= 0.3 is 0 Å².